The summed E-state index contributed by atoms with van der Waals surface area (Å²) in [5.74, 6) is -2.06. The van der Waals surface area contributed by atoms with Crippen molar-refractivity contribution in [2.75, 3.05) is 22.1 Å². The van der Waals surface area contributed by atoms with Crippen LogP contribution in [0.15, 0.2) is 47.3 Å². The van der Waals surface area contributed by atoms with Crippen molar-refractivity contribution >= 4 is 38.9 Å². The molecular weight excluding hydrogens is 556 g/mol. The topological polar surface area (TPSA) is 109 Å². The number of rotatable bonds is 7. The molecule has 2 aromatic carbocycles. The van der Waals surface area contributed by atoms with Crippen LogP contribution < -0.4 is 19.5 Å². The highest BCUT2D eigenvalue weighted by Crippen LogP contribution is 2.40. The Hall–Kier alpha value is -3.48. The number of sulfonamides is 1. The molecule has 208 valence electrons. The predicted molar refractivity (Wildman–Crippen MR) is 143 cm³/mol. The number of aromatic nitrogens is 1. The lowest BCUT2D eigenvalue weighted by atomic mass is 10.0. The molecule has 4 rings (SSSR count). The fraction of sp³-hybridized carbons (Fsp3) is 0.308. The first kappa shape index (κ1) is 28.5. The summed E-state index contributed by atoms with van der Waals surface area (Å²) in [6.45, 7) is 3.95. The highest BCUT2D eigenvalue weighted by Gasteiger charge is 2.36. The quantitative estimate of drug-likeness (QED) is 0.453. The third kappa shape index (κ3) is 5.92. The van der Waals surface area contributed by atoms with E-state index in [-0.39, 0.29) is 47.4 Å². The van der Waals surface area contributed by atoms with Gasteiger partial charge in [-0.2, -0.15) is 0 Å². The first-order valence-electron chi connectivity index (χ1n) is 11.7. The minimum absolute atomic E-state index is 0.00876. The predicted octanol–water partition coefficient (Wildman–Crippen LogP) is 3.89. The smallest absolute Gasteiger partial charge is 0.277 e. The van der Waals surface area contributed by atoms with Gasteiger partial charge in [0, 0.05) is 23.4 Å². The van der Waals surface area contributed by atoms with Crippen molar-refractivity contribution < 1.29 is 31.8 Å². The van der Waals surface area contributed by atoms with Crippen molar-refractivity contribution in [3.05, 3.63) is 80.7 Å². The zero-order chi connectivity index (χ0) is 28.9. The lowest BCUT2D eigenvalue weighted by molar-refractivity contribution is -0.122. The van der Waals surface area contributed by atoms with Gasteiger partial charge in [0.1, 0.15) is 35.7 Å². The minimum atomic E-state index is -3.74. The Morgan fingerprint density at radius 3 is 2.44 bits per heavy atom. The summed E-state index contributed by atoms with van der Waals surface area (Å²) in [6, 6.07) is 8.98. The molecule has 1 aliphatic heterocycles. The Morgan fingerprint density at radius 1 is 1.13 bits per heavy atom. The number of fused-ring (bicyclic) bond motifs is 1. The van der Waals surface area contributed by atoms with E-state index in [9.17, 15) is 31.9 Å². The Morgan fingerprint density at radius 2 is 1.82 bits per heavy atom. The summed E-state index contributed by atoms with van der Waals surface area (Å²) in [5.41, 5.74) is -0.777. The molecular formula is C26H26ClF2N3O6S. The fourth-order valence-electron chi connectivity index (χ4n) is 4.22. The van der Waals surface area contributed by atoms with Gasteiger partial charge in [-0.05, 0) is 51.1 Å². The monoisotopic (exact) mass is 581 g/mol. The molecule has 9 nitrogen and oxygen atoms in total. The van der Waals surface area contributed by atoms with Gasteiger partial charge in [0.15, 0.2) is 0 Å². The number of hydrogen-bond donors (Lipinski definition) is 1. The SMILES string of the molecule is Cc1cc(OCc2ccc(F)cc2F)c(Cl)c(=O)n1-c1ccc2c(c1)N(C(=O)CC(C)(C)O)CN2S(C)(=O)=O. The lowest BCUT2D eigenvalue weighted by Gasteiger charge is -2.23. The number of halogens is 3. The van der Waals surface area contributed by atoms with Crippen LogP contribution >= 0.6 is 11.6 Å². The summed E-state index contributed by atoms with van der Waals surface area (Å²) >= 11 is 6.31. The molecule has 0 spiro atoms. The third-order valence-corrected chi connectivity index (χ3v) is 7.49. The number of pyridine rings is 1. The van der Waals surface area contributed by atoms with Gasteiger partial charge >= 0.3 is 0 Å². The van der Waals surface area contributed by atoms with Crippen LogP contribution in [0.25, 0.3) is 5.69 Å². The molecule has 13 heteroatoms. The molecule has 39 heavy (non-hydrogen) atoms. The first-order chi connectivity index (χ1) is 18.1. The molecule has 0 bridgehead atoms. The summed E-state index contributed by atoms with van der Waals surface area (Å²) in [6.07, 6.45) is 0.749. The second-order valence-corrected chi connectivity index (χ2v) is 12.2. The number of carbonyl (C=O) groups excluding carboxylic acids is 1. The van der Waals surface area contributed by atoms with E-state index in [1.54, 1.807) is 6.92 Å². The lowest BCUT2D eigenvalue weighted by Crippen LogP contribution is -2.40. The maximum Gasteiger partial charge on any atom is 0.277 e. The van der Waals surface area contributed by atoms with Crippen molar-refractivity contribution in [3.63, 3.8) is 0 Å². The van der Waals surface area contributed by atoms with E-state index in [2.05, 4.69) is 0 Å². The summed E-state index contributed by atoms with van der Waals surface area (Å²) in [7, 11) is -3.74. The van der Waals surface area contributed by atoms with Crippen LogP contribution in [0.5, 0.6) is 5.75 Å². The average molecular weight is 582 g/mol. The largest absolute Gasteiger partial charge is 0.487 e. The van der Waals surface area contributed by atoms with Gasteiger partial charge in [0.25, 0.3) is 5.56 Å². The van der Waals surface area contributed by atoms with Gasteiger partial charge in [-0.15, -0.1) is 0 Å². The summed E-state index contributed by atoms with van der Waals surface area (Å²) in [4.78, 5) is 27.5. The Balaban J connectivity index is 1.73. The van der Waals surface area contributed by atoms with Crippen molar-refractivity contribution in [2.24, 2.45) is 0 Å². The molecule has 1 N–H and O–H groups in total. The summed E-state index contributed by atoms with van der Waals surface area (Å²) in [5, 5.41) is 9.84. The normalized spacial score (nSPS) is 13.5. The van der Waals surface area contributed by atoms with E-state index in [1.807, 2.05) is 0 Å². The highest BCUT2D eigenvalue weighted by atomic mass is 35.5. The molecule has 1 aliphatic rings. The summed E-state index contributed by atoms with van der Waals surface area (Å²) < 4.78 is 59.9. The molecule has 0 radical (unpaired) electrons. The van der Waals surface area contributed by atoms with Gasteiger partial charge < -0.3 is 9.84 Å². The molecule has 0 unspecified atom stereocenters. The highest BCUT2D eigenvalue weighted by molar-refractivity contribution is 7.92. The number of amides is 1. The fourth-order valence-corrected chi connectivity index (χ4v) is 5.25. The number of anilines is 2. The van der Waals surface area contributed by atoms with E-state index in [4.69, 9.17) is 16.3 Å². The van der Waals surface area contributed by atoms with Crippen molar-refractivity contribution in [2.45, 2.75) is 39.4 Å². The Bertz CT molecular complexity index is 1640. The average Bonchev–Trinajstić information content (AvgIpc) is 3.20. The molecule has 0 fully saturated rings. The van der Waals surface area contributed by atoms with Crippen LogP contribution in [-0.2, 0) is 21.4 Å². The number of carbonyl (C=O) groups is 1. The number of aliphatic hydroxyl groups is 1. The molecule has 0 saturated carbocycles. The number of benzene rings is 2. The van der Waals surface area contributed by atoms with Gasteiger partial charge in [-0.25, -0.2) is 21.5 Å². The van der Waals surface area contributed by atoms with Crippen LogP contribution in [0.2, 0.25) is 5.02 Å². The molecule has 1 aromatic heterocycles. The van der Waals surface area contributed by atoms with Crippen molar-refractivity contribution in [3.8, 4) is 11.4 Å². The molecule has 1 amide bonds. The van der Waals surface area contributed by atoms with Crippen molar-refractivity contribution in [1.29, 1.82) is 0 Å². The Kier molecular flexibility index (Phi) is 7.50. The van der Waals surface area contributed by atoms with Crippen LogP contribution in [0, 0.1) is 18.6 Å². The zero-order valence-corrected chi connectivity index (χ0v) is 23.1. The molecule has 0 saturated heterocycles. The number of ether oxygens (including phenoxy) is 1. The zero-order valence-electron chi connectivity index (χ0n) is 21.5. The van der Waals surface area contributed by atoms with E-state index in [0.29, 0.717) is 11.4 Å². The molecule has 2 heterocycles. The van der Waals surface area contributed by atoms with Crippen molar-refractivity contribution in [1.82, 2.24) is 4.57 Å². The molecule has 0 aliphatic carbocycles. The van der Waals surface area contributed by atoms with Gasteiger partial charge in [0.2, 0.25) is 15.9 Å². The number of hydrogen-bond acceptors (Lipinski definition) is 6. The third-order valence-electron chi connectivity index (χ3n) is 6.03. The van der Waals surface area contributed by atoms with Crippen LogP contribution in [0.3, 0.4) is 0 Å². The van der Waals surface area contributed by atoms with E-state index < -0.39 is 38.7 Å². The maximum absolute atomic E-state index is 14.0. The maximum atomic E-state index is 14.0. The Labute approximate surface area is 228 Å². The minimum Gasteiger partial charge on any atom is -0.487 e. The second kappa shape index (κ2) is 10.2. The van der Waals surface area contributed by atoms with Crippen LogP contribution in [0.1, 0.15) is 31.5 Å². The molecule has 0 atom stereocenters. The first-order valence-corrected chi connectivity index (χ1v) is 13.9. The van der Waals surface area contributed by atoms with Crippen LogP contribution in [0.4, 0.5) is 20.2 Å². The molecule has 3 aromatic rings. The van der Waals surface area contributed by atoms with Gasteiger partial charge in [-0.1, -0.05) is 11.6 Å². The van der Waals surface area contributed by atoms with Crippen LogP contribution in [-0.4, -0.2) is 42.5 Å². The van der Waals surface area contributed by atoms with Gasteiger partial charge in [-0.3, -0.25) is 19.1 Å². The number of nitrogens with zero attached hydrogens (tertiary/aromatic N) is 3. The van der Waals surface area contributed by atoms with E-state index in [1.165, 1.54) is 53.6 Å². The van der Waals surface area contributed by atoms with E-state index in [0.717, 1.165) is 22.7 Å². The number of aryl methyl sites for hydroxylation is 1. The second-order valence-electron chi connectivity index (χ2n) is 9.87. The van der Waals surface area contributed by atoms with Gasteiger partial charge in [0.05, 0.1) is 35.3 Å². The standard InChI is InChI=1S/C26H26ClF2N3O6S/c1-15-9-22(38-13-16-5-6-17(28)10-19(16)29)24(27)25(34)32(15)18-7-8-20-21(11-18)30(14-31(20)39(4,36)37)23(33)12-26(2,3)35/h5-11,35H,12-14H2,1-4H3. The van der Waals surface area contributed by atoms with E-state index >= 15 is 0 Å².